The highest BCUT2D eigenvalue weighted by Crippen LogP contribution is 2.42. The fourth-order valence-electron chi connectivity index (χ4n) is 3.78. The first kappa shape index (κ1) is 25.7. The number of hydrogen-bond donors (Lipinski definition) is 4. The summed E-state index contributed by atoms with van der Waals surface area (Å²) in [6.07, 6.45) is -0.861. The molecule has 2 atom stereocenters. The Morgan fingerprint density at radius 3 is 2.53 bits per heavy atom. The van der Waals surface area contributed by atoms with Crippen molar-refractivity contribution >= 4 is 23.3 Å². The number of nitrogens with two attached hydrogens (primary N) is 2. The van der Waals surface area contributed by atoms with Crippen LogP contribution in [0.2, 0.25) is 5.02 Å². The number of amides is 1. The number of alkyl halides is 2. The van der Waals surface area contributed by atoms with Crippen molar-refractivity contribution in [2.45, 2.75) is 43.8 Å². The number of hydrazone groups is 1. The molecular weight excluding hydrogens is 480 g/mol. The lowest BCUT2D eigenvalue weighted by molar-refractivity contribution is -0.142. The van der Waals surface area contributed by atoms with Crippen LogP contribution in [0.5, 0.6) is 0 Å². The van der Waals surface area contributed by atoms with Gasteiger partial charge in [-0.1, -0.05) is 11.6 Å². The quantitative estimate of drug-likeness (QED) is 0.158. The molecule has 2 aromatic rings. The van der Waals surface area contributed by atoms with Gasteiger partial charge in [0.2, 0.25) is 0 Å². The highest BCUT2D eigenvalue weighted by molar-refractivity contribution is 6.31. The first-order valence-corrected chi connectivity index (χ1v) is 10.5. The van der Waals surface area contributed by atoms with Crippen LogP contribution in [0.4, 0.5) is 17.6 Å². The third-order valence-electron chi connectivity index (χ3n) is 5.39. The lowest BCUT2D eigenvalue weighted by Gasteiger charge is -2.24. The average molecular weight is 503 g/mol. The molecular formula is C21H23ClF4N6O2. The molecule has 0 saturated heterocycles. The number of nitrogens with one attached hydrogen (secondary N) is 1. The maximum absolute atomic E-state index is 15.0. The number of amidine groups is 1. The number of rotatable bonds is 6. The van der Waals surface area contributed by atoms with Crippen molar-refractivity contribution in [2.24, 2.45) is 16.7 Å². The lowest BCUT2D eigenvalue weighted by atomic mass is 9.98. The maximum atomic E-state index is 15.0. The van der Waals surface area contributed by atoms with E-state index in [1.807, 2.05) is 0 Å². The Balaban J connectivity index is 1.91. The number of hydrazine groups is 1. The first-order chi connectivity index (χ1) is 15.7. The third kappa shape index (κ3) is 5.40. The Hall–Kier alpha value is -2.96. The summed E-state index contributed by atoms with van der Waals surface area (Å²) in [7, 11) is 1.37. The summed E-state index contributed by atoms with van der Waals surface area (Å²) in [5, 5.41) is 17.2. The predicted octanol–water partition coefficient (Wildman–Crippen LogP) is 2.83. The topological polar surface area (TPSA) is 130 Å². The molecule has 6 N–H and O–H groups in total. The van der Waals surface area contributed by atoms with Crippen LogP contribution < -0.4 is 16.9 Å². The van der Waals surface area contributed by atoms with Gasteiger partial charge in [0.1, 0.15) is 17.2 Å². The van der Waals surface area contributed by atoms with E-state index in [9.17, 15) is 27.5 Å². The fraction of sp³-hybridized carbons (Fsp3) is 0.381. The summed E-state index contributed by atoms with van der Waals surface area (Å²) in [6, 6.07) is 2.31. The SMILES string of the molecule is CC(NC(=O)C1(O)CCC(F)(F)C1)c1ncc(-c2cc(Cl)cc(F)c2/C(N)=N/N(C)N)cc1F. The third-order valence-corrected chi connectivity index (χ3v) is 5.61. The summed E-state index contributed by atoms with van der Waals surface area (Å²) >= 11 is 5.96. The zero-order valence-corrected chi connectivity index (χ0v) is 19.0. The minimum atomic E-state index is -3.16. The van der Waals surface area contributed by atoms with E-state index in [2.05, 4.69) is 15.4 Å². The zero-order valence-electron chi connectivity index (χ0n) is 18.2. The summed E-state index contributed by atoms with van der Waals surface area (Å²) in [4.78, 5) is 16.4. The molecule has 1 amide bonds. The molecule has 0 radical (unpaired) electrons. The van der Waals surface area contributed by atoms with Crippen molar-refractivity contribution in [1.82, 2.24) is 15.4 Å². The Morgan fingerprint density at radius 2 is 1.97 bits per heavy atom. The van der Waals surface area contributed by atoms with Crippen molar-refractivity contribution in [3.05, 3.63) is 52.3 Å². The van der Waals surface area contributed by atoms with Gasteiger partial charge in [-0.25, -0.2) is 28.5 Å². The van der Waals surface area contributed by atoms with E-state index < -0.39 is 54.4 Å². The number of halogens is 5. The fourth-order valence-corrected chi connectivity index (χ4v) is 3.99. The number of carbonyl (C=O) groups is 1. The largest absolute Gasteiger partial charge is 0.382 e. The summed E-state index contributed by atoms with van der Waals surface area (Å²) in [5.74, 6) is -0.762. The number of benzene rings is 1. The van der Waals surface area contributed by atoms with Crippen LogP contribution in [-0.2, 0) is 4.79 Å². The van der Waals surface area contributed by atoms with E-state index in [1.54, 1.807) is 0 Å². The molecule has 0 aliphatic heterocycles. The number of aliphatic hydroxyl groups is 1. The maximum Gasteiger partial charge on any atom is 0.252 e. The lowest BCUT2D eigenvalue weighted by Crippen LogP contribution is -2.46. The van der Waals surface area contributed by atoms with E-state index in [0.29, 0.717) is 0 Å². The summed E-state index contributed by atoms with van der Waals surface area (Å²) in [6.45, 7) is 1.38. The van der Waals surface area contributed by atoms with Crippen LogP contribution in [-0.4, -0.2) is 45.5 Å². The molecule has 184 valence electrons. The van der Waals surface area contributed by atoms with Crippen molar-refractivity contribution in [1.29, 1.82) is 0 Å². The normalized spacial score (nSPS) is 20.8. The minimum absolute atomic E-state index is 0.0110. The van der Waals surface area contributed by atoms with Gasteiger partial charge in [-0.3, -0.25) is 9.78 Å². The number of pyridine rings is 1. The van der Waals surface area contributed by atoms with Crippen LogP contribution in [0.25, 0.3) is 11.1 Å². The molecule has 0 spiro atoms. The van der Waals surface area contributed by atoms with Crippen LogP contribution in [0, 0.1) is 11.6 Å². The Labute approximate surface area is 197 Å². The molecule has 2 unspecified atom stereocenters. The van der Waals surface area contributed by atoms with Crippen LogP contribution in [0.3, 0.4) is 0 Å². The summed E-state index contributed by atoms with van der Waals surface area (Å²) in [5.41, 5.74) is 3.38. The van der Waals surface area contributed by atoms with Crippen LogP contribution >= 0.6 is 11.6 Å². The molecule has 1 saturated carbocycles. The van der Waals surface area contributed by atoms with Gasteiger partial charge in [0.25, 0.3) is 11.8 Å². The van der Waals surface area contributed by atoms with E-state index in [1.165, 1.54) is 26.2 Å². The van der Waals surface area contributed by atoms with Crippen molar-refractivity contribution in [3.63, 3.8) is 0 Å². The molecule has 1 fully saturated rings. The molecule has 1 aliphatic rings. The summed E-state index contributed by atoms with van der Waals surface area (Å²) < 4.78 is 56.5. The molecule has 0 bridgehead atoms. The molecule has 13 heteroatoms. The van der Waals surface area contributed by atoms with Crippen molar-refractivity contribution in [2.75, 3.05) is 7.05 Å². The monoisotopic (exact) mass is 502 g/mol. The second kappa shape index (κ2) is 9.35. The average Bonchev–Trinajstić information content (AvgIpc) is 3.00. The first-order valence-electron chi connectivity index (χ1n) is 10.1. The number of aromatic nitrogens is 1. The minimum Gasteiger partial charge on any atom is -0.382 e. The van der Waals surface area contributed by atoms with E-state index in [4.69, 9.17) is 23.2 Å². The Bertz CT molecular complexity index is 1150. The number of carbonyl (C=O) groups excluding carboxylic acids is 1. The Morgan fingerprint density at radius 1 is 1.29 bits per heavy atom. The molecule has 1 heterocycles. The molecule has 3 rings (SSSR count). The van der Waals surface area contributed by atoms with Gasteiger partial charge in [0.05, 0.1) is 17.3 Å². The highest BCUT2D eigenvalue weighted by Gasteiger charge is 2.53. The van der Waals surface area contributed by atoms with Gasteiger partial charge in [-0.15, -0.1) is 5.10 Å². The molecule has 34 heavy (non-hydrogen) atoms. The van der Waals surface area contributed by atoms with E-state index in [-0.39, 0.29) is 33.2 Å². The van der Waals surface area contributed by atoms with Gasteiger partial charge in [-0.2, -0.15) is 0 Å². The van der Waals surface area contributed by atoms with Gasteiger partial charge >= 0.3 is 0 Å². The van der Waals surface area contributed by atoms with Gasteiger partial charge in [-0.05, 0) is 37.1 Å². The predicted molar refractivity (Wildman–Crippen MR) is 118 cm³/mol. The van der Waals surface area contributed by atoms with E-state index >= 15 is 0 Å². The number of nitrogens with zero attached hydrogens (tertiary/aromatic N) is 3. The highest BCUT2D eigenvalue weighted by atomic mass is 35.5. The molecule has 1 aliphatic carbocycles. The molecule has 1 aromatic heterocycles. The van der Waals surface area contributed by atoms with Crippen LogP contribution in [0.1, 0.15) is 43.5 Å². The van der Waals surface area contributed by atoms with Gasteiger partial charge in [0, 0.05) is 36.7 Å². The van der Waals surface area contributed by atoms with Gasteiger partial charge < -0.3 is 16.2 Å². The van der Waals surface area contributed by atoms with E-state index in [0.717, 1.165) is 17.3 Å². The van der Waals surface area contributed by atoms with Crippen LogP contribution in [0.15, 0.2) is 29.5 Å². The Kier molecular flexibility index (Phi) is 7.06. The van der Waals surface area contributed by atoms with Crippen molar-refractivity contribution in [3.8, 4) is 11.1 Å². The molecule has 8 nitrogen and oxygen atoms in total. The number of hydrogen-bond acceptors (Lipinski definition) is 6. The second-order valence-electron chi connectivity index (χ2n) is 8.22. The van der Waals surface area contributed by atoms with Gasteiger partial charge in [0.15, 0.2) is 5.84 Å². The molecule has 1 aromatic carbocycles. The van der Waals surface area contributed by atoms with Crippen molar-refractivity contribution < 1.29 is 27.5 Å². The zero-order chi connectivity index (χ0) is 25.4. The standard InChI is InChI=1S/C21H23ClF4N6O2/c1-10(30-19(33)20(34)3-4-21(25,26)9-20)17-15(24)5-11(8-29-17)13-6-12(22)7-14(23)16(13)18(27)31-32(2)28/h5-8,10,34H,3-4,9,28H2,1-2H3,(H2,27,31)(H,30,33). The smallest absolute Gasteiger partial charge is 0.252 e. The second-order valence-corrected chi connectivity index (χ2v) is 8.66.